The molecule has 0 amide bonds. The zero-order valence-corrected chi connectivity index (χ0v) is 7.63. The van der Waals surface area contributed by atoms with Gasteiger partial charge in [-0.1, -0.05) is 0 Å². The highest BCUT2D eigenvalue weighted by Crippen LogP contribution is 2.27. The molecule has 0 aliphatic carbocycles. The largest absolute Gasteiger partial charge is 0.289 e. The Labute approximate surface area is 74.8 Å². The quantitative estimate of drug-likeness (QED) is 0.302. The normalized spacial score (nSPS) is 15.6. The number of ketones is 1. The Morgan fingerprint density at radius 1 is 1.15 bits per heavy atom. The maximum absolute atomic E-state index is 10.9. The standard InChI is InChI=1S/C8H3O4Si/c1-5(2-9)13-6(3-10)8(12)7(13)4-11/h1H3. The van der Waals surface area contributed by atoms with Crippen molar-refractivity contribution in [3.05, 3.63) is 15.6 Å². The first-order valence-corrected chi connectivity index (χ1v) is 4.82. The van der Waals surface area contributed by atoms with E-state index in [0.717, 1.165) is 0 Å². The summed E-state index contributed by atoms with van der Waals surface area (Å²) in [6.07, 6.45) is 0. The van der Waals surface area contributed by atoms with Crippen molar-refractivity contribution in [3.8, 4) is 0 Å². The van der Waals surface area contributed by atoms with E-state index in [9.17, 15) is 19.2 Å². The number of hydrogen-bond donors (Lipinski definition) is 0. The zero-order valence-electron chi connectivity index (χ0n) is 6.63. The number of hydrogen-bond acceptors (Lipinski definition) is 4. The van der Waals surface area contributed by atoms with Crippen LogP contribution in [0.4, 0.5) is 0 Å². The van der Waals surface area contributed by atoms with Crippen LogP contribution in [0.1, 0.15) is 6.92 Å². The third kappa shape index (κ3) is 1.18. The van der Waals surface area contributed by atoms with E-state index in [1.165, 1.54) is 18.8 Å². The fourth-order valence-corrected chi connectivity index (χ4v) is 2.86. The molecule has 1 radical (unpaired) electrons. The monoisotopic (exact) mass is 191 g/mol. The van der Waals surface area contributed by atoms with E-state index in [1.54, 1.807) is 5.94 Å². The summed E-state index contributed by atoms with van der Waals surface area (Å²) in [5.74, 6) is 3.83. The average molecular weight is 191 g/mol. The molecule has 5 heteroatoms. The van der Waals surface area contributed by atoms with Gasteiger partial charge in [0.15, 0.2) is 5.78 Å². The first-order valence-electron chi connectivity index (χ1n) is 3.32. The molecular formula is C8H3O4Si. The number of Topliss-reactive ketones (excluding diaryl/α,β-unsaturated/α-hetero) is 1. The molecule has 0 aromatic heterocycles. The van der Waals surface area contributed by atoms with Gasteiger partial charge in [0, 0.05) is 5.20 Å². The molecular weight excluding hydrogens is 188 g/mol. The van der Waals surface area contributed by atoms with Crippen LogP contribution >= 0.6 is 0 Å². The van der Waals surface area contributed by atoms with Gasteiger partial charge in [0.25, 0.3) is 0 Å². The molecule has 0 aromatic carbocycles. The Balaban J connectivity index is 3.26. The van der Waals surface area contributed by atoms with Gasteiger partial charge in [0.05, 0.1) is 10.4 Å². The van der Waals surface area contributed by atoms with Crippen molar-refractivity contribution in [1.29, 1.82) is 0 Å². The van der Waals surface area contributed by atoms with Gasteiger partial charge in [-0.2, -0.15) is 0 Å². The topological polar surface area (TPSA) is 68.3 Å². The number of carbonyl (C=O) groups is 1. The second kappa shape index (κ2) is 3.31. The van der Waals surface area contributed by atoms with Crippen LogP contribution < -0.4 is 0 Å². The van der Waals surface area contributed by atoms with Gasteiger partial charge in [0.1, 0.15) is 17.8 Å². The summed E-state index contributed by atoms with van der Waals surface area (Å²) in [4.78, 5) is 41.7. The van der Waals surface area contributed by atoms with Crippen molar-refractivity contribution in [1.82, 2.24) is 0 Å². The van der Waals surface area contributed by atoms with Gasteiger partial charge in [-0.3, -0.25) is 4.79 Å². The van der Waals surface area contributed by atoms with Crippen LogP contribution in [-0.4, -0.2) is 32.4 Å². The van der Waals surface area contributed by atoms with Gasteiger partial charge in [-0.05, 0) is 6.92 Å². The summed E-state index contributed by atoms with van der Waals surface area (Å²) >= 11 is 0. The molecule has 1 aliphatic heterocycles. The Kier molecular flexibility index (Phi) is 2.38. The van der Waals surface area contributed by atoms with E-state index >= 15 is 0 Å². The Morgan fingerprint density at radius 3 is 1.92 bits per heavy atom. The lowest BCUT2D eigenvalue weighted by atomic mass is 10.3. The van der Waals surface area contributed by atoms with Crippen molar-refractivity contribution in [2.24, 2.45) is 0 Å². The molecule has 0 atom stereocenters. The van der Waals surface area contributed by atoms with Crippen molar-refractivity contribution in [3.63, 3.8) is 0 Å². The molecule has 0 aromatic rings. The molecule has 0 unspecified atom stereocenters. The van der Waals surface area contributed by atoms with Gasteiger partial charge in [-0.25, -0.2) is 14.4 Å². The maximum atomic E-state index is 10.9. The van der Waals surface area contributed by atoms with E-state index in [4.69, 9.17) is 0 Å². The van der Waals surface area contributed by atoms with E-state index in [1.807, 2.05) is 0 Å². The number of rotatable bonds is 1. The van der Waals surface area contributed by atoms with Gasteiger partial charge in [-0.15, -0.1) is 0 Å². The van der Waals surface area contributed by atoms with Crippen LogP contribution in [0.25, 0.3) is 0 Å². The molecule has 0 N–H and O–H groups in total. The highest BCUT2D eigenvalue weighted by Gasteiger charge is 2.46. The minimum Gasteiger partial charge on any atom is -0.289 e. The van der Waals surface area contributed by atoms with Crippen LogP contribution in [0.2, 0.25) is 0 Å². The summed E-state index contributed by atoms with van der Waals surface area (Å²) < 4.78 is 0. The zero-order chi connectivity index (χ0) is 10.0. The maximum Gasteiger partial charge on any atom is 0.203 e. The average Bonchev–Trinajstić information content (AvgIpc) is 2.14. The molecule has 1 rings (SSSR count). The molecule has 0 spiro atoms. The summed E-state index contributed by atoms with van der Waals surface area (Å²) in [6.45, 7) is 1.43. The molecule has 0 bridgehead atoms. The minimum absolute atomic E-state index is 0.0933. The lowest BCUT2D eigenvalue weighted by Gasteiger charge is -2.22. The Morgan fingerprint density at radius 2 is 1.62 bits per heavy atom. The van der Waals surface area contributed by atoms with Crippen LogP contribution in [0, 0.1) is 0 Å². The molecule has 0 saturated carbocycles. The van der Waals surface area contributed by atoms with Crippen molar-refractivity contribution >= 4 is 32.4 Å². The lowest BCUT2D eigenvalue weighted by molar-refractivity contribution is -0.111. The molecule has 1 fully saturated rings. The van der Waals surface area contributed by atoms with Crippen molar-refractivity contribution < 1.29 is 19.2 Å². The molecule has 63 valence electrons. The highest BCUT2D eigenvalue weighted by molar-refractivity contribution is 7.00. The molecule has 1 saturated heterocycles. The Bertz CT molecular complexity index is 401. The second-order valence-electron chi connectivity index (χ2n) is 2.39. The third-order valence-electron chi connectivity index (χ3n) is 1.69. The fourth-order valence-electron chi connectivity index (χ4n) is 1.04. The highest BCUT2D eigenvalue weighted by atomic mass is 28.3. The van der Waals surface area contributed by atoms with Crippen molar-refractivity contribution in [2.75, 3.05) is 0 Å². The first-order chi connectivity index (χ1) is 6.17. The fraction of sp³-hybridized carbons (Fsp3) is 0.125. The SMILES string of the molecule is CC(=C=O)[Si]1C(=C=O)C(=O)C1=C=O. The van der Waals surface area contributed by atoms with Crippen LogP contribution in [0.15, 0.2) is 15.6 Å². The summed E-state index contributed by atoms with van der Waals surface area (Å²) in [7, 11) is -1.87. The summed E-state index contributed by atoms with van der Waals surface area (Å²) in [6, 6.07) is 0. The minimum atomic E-state index is -1.87. The van der Waals surface area contributed by atoms with Gasteiger partial charge < -0.3 is 0 Å². The van der Waals surface area contributed by atoms with Crippen LogP contribution in [0.5, 0.6) is 0 Å². The molecule has 1 aliphatic rings. The lowest BCUT2D eigenvalue weighted by Crippen LogP contribution is -2.43. The molecule has 1 heterocycles. The molecule has 4 nitrogen and oxygen atoms in total. The number of allylic oxidation sites excluding steroid dienone is 3. The predicted molar refractivity (Wildman–Crippen MR) is 44.1 cm³/mol. The van der Waals surface area contributed by atoms with Gasteiger partial charge in [0.2, 0.25) is 8.80 Å². The second-order valence-corrected chi connectivity index (χ2v) is 4.89. The number of carbonyl (C=O) groups excluding carboxylic acids is 4. The van der Waals surface area contributed by atoms with E-state index in [0.29, 0.717) is 0 Å². The van der Waals surface area contributed by atoms with E-state index < -0.39 is 14.6 Å². The van der Waals surface area contributed by atoms with Gasteiger partial charge >= 0.3 is 0 Å². The van der Waals surface area contributed by atoms with Crippen molar-refractivity contribution in [2.45, 2.75) is 6.92 Å². The predicted octanol–water partition coefficient (Wildman–Crippen LogP) is -1.02. The van der Waals surface area contributed by atoms with E-state index in [-0.39, 0.29) is 15.6 Å². The summed E-state index contributed by atoms with van der Waals surface area (Å²) in [5, 5.41) is 0.0368. The summed E-state index contributed by atoms with van der Waals surface area (Å²) in [5.41, 5.74) is 0. The van der Waals surface area contributed by atoms with Crippen LogP contribution in [0.3, 0.4) is 0 Å². The van der Waals surface area contributed by atoms with E-state index in [2.05, 4.69) is 0 Å². The first kappa shape index (κ1) is 9.33. The molecule has 13 heavy (non-hydrogen) atoms. The van der Waals surface area contributed by atoms with Crippen LogP contribution in [-0.2, 0) is 19.2 Å². The Hall–Kier alpha value is -1.76. The third-order valence-corrected chi connectivity index (χ3v) is 4.20. The smallest absolute Gasteiger partial charge is 0.203 e.